The van der Waals surface area contributed by atoms with Crippen molar-refractivity contribution in [1.82, 2.24) is 15.4 Å². The average molecular weight is 485 g/mol. The van der Waals surface area contributed by atoms with Crippen LogP contribution in [0.5, 0.6) is 5.75 Å². The van der Waals surface area contributed by atoms with Gasteiger partial charge in [0, 0.05) is 12.6 Å². The molecule has 0 saturated heterocycles. The summed E-state index contributed by atoms with van der Waals surface area (Å²) in [7, 11) is -2.54. The van der Waals surface area contributed by atoms with Crippen LogP contribution in [0.4, 0.5) is 4.79 Å². The number of amides is 3. The molecule has 1 saturated carbocycles. The van der Waals surface area contributed by atoms with Gasteiger partial charge < -0.3 is 15.4 Å². The van der Waals surface area contributed by atoms with Gasteiger partial charge in [0.1, 0.15) is 5.75 Å². The van der Waals surface area contributed by atoms with Crippen LogP contribution in [0.15, 0.2) is 47.4 Å². The number of nitrogens with one attached hydrogen (secondary N) is 3. The molecule has 3 rings (SSSR count). The van der Waals surface area contributed by atoms with E-state index in [1.165, 1.54) is 25.3 Å². The van der Waals surface area contributed by atoms with E-state index in [4.69, 9.17) is 10.00 Å². The minimum absolute atomic E-state index is 0.00359. The fourth-order valence-corrected chi connectivity index (χ4v) is 4.76. The number of rotatable bonds is 8. The Morgan fingerprint density at radius 1 is 1.09 bits per heavy atom. The Balaban J connectivity index is 1.53. The average Bonchev–Trinajstić information content (AvgIpc) is 2.84. The SMILES string of the molecule is COc1ccc(C#N)cc1C(=O)NCCc1ccc(S(=O)(=O)NC(=O)NC2CCCCC2)cc1. The van der Waals surface area contributed by atoms with Gasteiger partial charge in [-0.05, 0) is 55.2 Å². The largest absolute Gasteiger partial charge is 0.496 e. The number of nitrogens with zero attached hydrogens (tertiary/aromatic N) is 1. The lowest BCUT2D eigenvalue weighted by atomic mass is 9.96. The summed E-state index contributed by atoms with van der Waals surface area (Å²) in [5, 5.41) is 14.5. The normalized spacial score (nSPS) is 14.0. The summed E-state index contributed by atoms with van der Waals surface area (Å²) in [4.78, 5) is 24.6. The van der Waals surface area contributed by atoms with Crippen molar-refractivity contribution in [3.05, 3.63) is 59.2 Å². The standard InChI is InChI=1S/C24H28N4O5S/c1-33-22-12-9-18(16-25)15-21(22)23(29)26-14-13-17-7-10-20(11-8-17)34(31,32)28-24(30)27-19-5-3-2-4-6-19/h7-12,15,19H,2-6,13-14H2,1H3,(H,26,29)(H2,27,28,30). The van der Waals surface area contributed by atoms with Gasteiger partial charge in [-0.2, -0.15) is 5.26 Å². The predicted octanol–water partition coefficient (Wildman–Crippen LogP) is 2.86. The van der Waals surface area contributed by atoms with E-state index in [-0.39, 0.29) is 22.4 Å². The van der Waals surface area contributed by atoms with Gasteiger partial charge in [-0.25, -0.2) is 17.9 Å². The molecule has 9 nitrogen and oxygen atoms in total. The van der Waals surface area contributed by atoms with Gasteiger partial charge in [0.2, 0.25) is 0 Å². The molecule has 0 heterocycles. The maximum absolute atomic E-state index is 12.5. The van der Waals surface area contributed by atoms with Crippen molar-refractivity contribution in [2.24, 2.45) is 0 Å². The second-order valence-corrected chi connectivity index (χ2v) is 9.77. The second kappa shape index (κ2) is 11.5. The van der Waals surface area contributed by atoms with Crippen LogP contribution in [0.2, 0.25) is 0 Å². The van der Waals surface area contributed by atoms with Gasteiger partial charge in [0.05, 0.1) is 29.2 Å². The molecule has 3 N–H and O–H groups in total. The zero-order chi connectivity index (χ0) is 24.6. The number of sulfonamides is 1. The fourth-order valence-electron chi connectivity index (χ4n) is 3.85. The number of methoxy groups -OCH3 is 1. The first-order valence-electron chi connectivity index (χ1n) is 11.1. The van der Waals surface area contributed by atoms with Crippen molar-refractivity contribution in [2.45, 2.75) is 49.5 Å². The Morgan fingerprint density at radius 2 is 1.79 bits per heavy atom. The Bertz CT molecular complexity index is 1170. The van der Waals surface area contributed by atoms with Crippen LogP contribution in [0.1, 0.15) is 53.6 Å². The lowest BCUT2D eigenvalue weighted by Crippen LogP contribution is -2.45. The summed E-state index contributed by atoms with van der Waals surface area (Å²) in [6, 6.07) is 12.0. The van der Waals surface area contributed by atoms with Crippen molar-refractivity contribution in [2.75, 3.05) is 13.7 Å². The number of hydrogen-bond acceptors (Lipinski definition) is 6. The van der Waals surface area contributed by atoms with E-state index in [0.29, 0.717) is 24.3 Å². The molecule has 2 aromatic carbocycles. The van der Waals surface area contributed by atoms with Crippen molar-refractivity contribution in [3.8, 4) is 11.8 Å². The summed E-state index contributed by atoms with van der Waals surface area (Å²) in [6.07, 6.45) is 5.36. The van der Waals surface area contributed by atoms with Crippen LogP contribution >= 0.6 is 0 Å². The summed E-state index contributed by atoms with van der Waals surface area (Å²) in [5.41, 5.74) is 1.42. The molecular weight excluding hydrogens is 456 g/mol. The van der Waals surface area contributed by atoms with Gasteiger partial charge in [-0.15, -0.1) is 0 Å². The third-order valence-electron chi connectivity index (χ3n) is 5.67. The van der Waals surface area contributed by atoms with E-state index in [9.17, 15) is 18.0 Å². The van der Waals surface area contributed by atoms with Crippen LogP contribution in [0.25, 0.3) is 0 Å². The van der Waals surface area contributed by atoms with Gasteiger partial charge in [-0.1, -0.05) is 31.4 Å². The molecule has 3 amide bonds. The van der Waals surface area contributed by atoms with Crippen molar-refractivity contribution in [1.29, 1.82) is 5.26 Å². The third-order valence-corrected chi connectivity index (χ3v) is 7.02. The lowest BCUT2D eigenvalue weighted by Gasteiger charge is -2.22. The summed E-state index contributed by atoms with van der Waals surface area (Å²) in [5.74, 6) is -0.00703. The molecule has 0 aliphatic heterocycles. The topological polar surface area (TPSA) is 137 Å². The number of ether oxygens (including phenoxy) is 1. The minimum Gasteiger partial charge on any atom is -0.496 e. The highest BCUT2D eigenvalue weighted by molar-refractivity contribution is 7.90. The number of carbonyl (C=O) groups is 2. The van der Waals surface area contributed by atoms with Crippen LogP contribution in [-0.4, -0.2) is 40.1 Å². The molecule has 180 valence electrons. The van der Waals surface area contributed by atoms with Crippen molar-refractivity contribution >= 4 is 22.0 Å². The van der Waals surface area contributed by atoms with Crippen LogP contribution in [-0.2, 0) is 16.4 Å². The molecule has 0 atom stereocenters. The Morgan fingerprint density at radius 3 is 2.44 bits per heavy atom. The zero-order valence-corrected chi connectivity index (χ0v) is 19.8. The fraction of sp³-hybridized carbons (Fsp3) is 0.375. The van der Waals surface area contributed by atoms with Crippen molar-refractivity contribution in [3.63, 3.8) is 0 Å². The van der Waals surface area contributed by atoms with Gasteiger partial charge in [0.15, 0.2) is 0 Å². The molecule has 0 radical (unpaired) electrons. The third kappa shape index (κ3) is 6.71. The molecule has 34 heavy (non-hydrogen) atoms. The van der Waals surface area contributed by atoms with Crippen molar-refractivity contribution < 1.29 is 22.7 Å². The number of carbonyl (C=O) groups excluding carboxylic acids is 2. The molecule has 0 spiro atoms. The quantitative estimate of drug-likeness (QED) is 0.527. The molecule has 1 fully saturated rings. The number of nitriles is 1. The summed E-state index contributed by atoms with van der Waals surface area (Å²) < 4.78 is 32.3. The molecule has 1 aliphatic rings. The predicted molar refractivity (Wildman–Crippen MR) is 126 cm³/mol. The summed E-state index contributed by atoms with van der Waals surface area (Å²) >= 11 is 0. The zero-order valence-electron chi connectivity index (χ0n) is 19.0. The highest BCUT2D eigenvalue weighted by Crippen LogP contribution is 2.20. The Kier molecular flexibility index (Phi) is 8.49. The summed E-state index contributed by atoms with van der Waals surface area (Å²) in [6.45, 7) is 0.299. The molecule has 0 bridgehead atoms. The van der Waals surface area contributed by atoms with Crippen LogP contribution in [0, 0.1) is 11.3 Å². The first-order chi connectivity index (χ1) is 16.3. The highest BCUT2D eigenvalue weighted by Gasteiger charge is 2.21. The van der Waals surface area contributed by atoms with Crippen LogP contribution in [0.3, 0.4) is 0 Å². The van der Waals surface area contributed by atoms with E-state index in [1.54, 1.807) is 24.3 Å². The number of benzene rings is 2. The van der Waals surface area contributed by atoms with E-state index in [1.807, 2.05) is 6.07 Å². The van der Waals surface area contributed by atoms with Gasteiger partial charge in [-0.3, -0.25) is 4.79 Å². The maximum Gasteiger partial charge on any atom is 0.328 e. The maximum atomic E-state index is 12.5. The molecule has 0 unspecified atom stereocenters. The highest BCUT2D eigenvalue weighted by atomic mass is 32.2. The first kappa shape index (κ1) is 25.1. The molecule has 0 aromatic heterocycles. The van der Waals surface area contributed by atoms with Gasteiger partial charge in [0.25, 0.3) is 15.9 Å². The van der Waals surface area contributed by atoms with E-state index in [2.05, 4.69) is 15.4 Å². The minimum atomic E-state index is -3.98. The molecular formula is C24H28N4O5S. The Labute approximate surface area is 199 Å². The van der Waals surface area contributed by atoms with E-state index in [0.717, 1.165) is 37.7 Å². The smallest absolute Gasteiger partial charge is 0.328 e. The number of urea groups is 1. The second-order valence-electron chi connectivity index (χ2n) is 8.09. The number of hydrogen-bond donors (Lipinski definition) is 3. The lowest BCUT2D eigenvalue weighted by molar-refractivity contribution is 0.0951. The first-order valence-corrected chi connectivity index (χ1v) is 12.6. The molecule has 10 heteroatoms. The molecule has 2 aromatic rings. The van der Waals surface area contributed by atoms with Crippen LogP contribution < -0.4 is 20.1 Å². The monoisotopic (exact) mass is 484 g/mol. The van der Waals surface area contributed by atoms with E-state index >= 15 is 0 Å². The molecule has 1 aliphatic carbocycles. The van der Waals surface area contributed by atoms with E-state index < -0.39 is 16.1 Å². The Hall–Kier alpha value is -3.58. The van der Waals surface area contributed by atoms with Gasteiger partial charge >= 0.3 is 6.03 Å².